The van der Waals surface area contributed by atoms with Gasteiger partial charge in [0.05, 0.1) is 7.11 Å². The van der Waals surface area contributed by atoms with Crippen molar-refractivity contribution < 1.29 is 4.74 Å². The van der Waals surface area contributed by atoms with Crippen molar-refractivity contribution in [3.05, 3.63) is 23.8 Å². The van der Waals surface area contributed by atoms with Crippen LogP contribution in [0.25, 0.3) is 0 Å². The summed E-state index contributed by atoms with van der Waals surface area (Å²) >= 11 is 0. The third-order valence-corrected chi connectivity index (χ3v) is 2.77. The highest BCUT2D eigenvalue weighted by molar-refractivity contribution is 5.98. The number of rotatable bonds is 1. The molecule has 0 atom stereocenters. The number of benzene rings is 1. The molecule has 0 fully saturated rings. The molecule has 2 heteroatoms. The summed E-state index contributed by atoms with van der Waals surface area (Å²) in [6.07, 6.45) is 0.954. The van der Waals surface area contributed by atoms with Crippen molar-refractivity contribution in [3.8, 4) is 5.75 Å². The van der Waals surface area contributed by atoms with Crippen LogP contribution >= 0.6 is 0 Å². The Labute approximate surface area is 91.0 Å². The van der Waals surface area contributed by atoms with Crippen LogP contribution in [-0.2, 0) is 6.42 Å². The second-order valence-corrected chi connectivity index (χ2v) is 4.95. The molecule has 15 heavy (non-hydrogen) atoms. The van der Waals surface area contributed by atoms with Crippen molar-refractivity contribution >= 4 is 11.4 Å². The summed E-state index contributed by atoms with van der Waals surface area (Å²) in [6, 6.07) is 6.12. The first-order chi connectivity index (χ1) is 7.02. The molecule has 0 amide bonds. The van der Waals surface area contributed by atoms with E-state index < -0.39 is 0 Å². The van der Waals surface area contributed by atoms with Crippen LogP contribution in [-0.4, -0.2) is 12.8 Å². The zero-order valence-corrected chi connectivity index (χ0v) is 9.79. The number of methoxy groups -OCH3 is 1. The second-order valence-electron chi connectivity index (χ2n) is 4.95. The minimum absolute atomic E-state index is 0.143. The molecule has 0 spiro atoms. The molecule has 0 unspecified atom stereocenters. The van der Waals surface area contributed by atoms with Gasteiger partial charge in [-0.05, 0) is 11.6 Å². The summed E-state index contributed by atoms with van der Waals surface area (Å²) in [5.41, 5.74) is 3.68. The normalized spacial score (nSPS) is 14.8. The summed E-state index contributed by atoms with van der Waals surface area (Å²) in [4.78, 5) is 4.69. The van der Waals surface area contributed by atoms with Gasteiger partial charge in [-0.25, -0.2) is 0 Å². The van der Waals surface area contributed by atoms with Crippen LogP contribution in [0.2, 0.25) is 0 Å². The number of ether oxygens (including phenoxy) is 1. The first-order valence-corrected chi connectivity index (χ1v) is 5.26. The number of hydrogen-bond acceptors (Lipinski definition) is 2. The van der Waals surface area contributed by atoms with E-state index >= 15 is 0 Å². The quantitative estimate of drug-likeness (QED) is 0.685. The van der Waals surface area contributed by atoms with E-state index in [1.165, 1.54) is 11.3 Å². The number of fused-ring (bicyclic) bond motifs is 1. The molecule has 0 N–H and O–H groups in total. The molecule has 2 nitrogen and oxygen atoms in total. The maximum absolute atomic E-state index is 5.31. The molecule has 0 saturated carbocycles. The largest absolute Gasteiger partial charge is 0.494 e. The first-order valence-electron chi connectivity index (χ1n) is 5.26. The third-order valence-electron chi connectivity index (χ3n) is 2.77. The molecular weight excluding hydrogens is 186 g/mol. The van der Waals surface area contributed by atoms with Gasteiger partial charge in [-0.2, -0.15) is 0 Å². The Morgan fingerprint density at radius 2 is 2.00 bits per heavy atom. The van der Waals surface area contributed by atoms with E-state index in [0.29, 0.717) is 0 Å². The lowest BCUT2D eigenvalue weighted by atomic mass is 9.87. The van der Waals surface area contributed by atoms with E-state index in [-0.39, 0.29) is 5.41 Å². The van der Waals surface area contributed by atoms with Gasteiger partial charge in [0.1, 0.15) is 11.4 Å². The third kappa shape index (κ3) is 1.76. The fraction of sp³-hybridized carbons (Fsp3) is 0.462. The van der Waals surface area contributed by atoms with Crippen LogP contribution in [0.1, 0.15) is 26.3 Å². The Bertz CT molecular complexity index is 413. The Morgan fingerprint density at radius 1 is 1.27 bits per heavy atom. The number of para-hydroxylation sites is 1. The molecule has 1 heterocycles. The molecule has 1 aromatic rings. The highest BCUT2D eigenvalue weighted by atomic mass is 16.5. The molecule has 2 rings (SSSR count). The molecule has 0 radical (unpaired) electrons. The van der Waals surface area contributed by atoms with E-state index in [0.717, 1.165) is 17.9 Å². The van der Waals surface area contributed by atoms with Crippen molar-refractivity contribution in [2.45, 2.75) is 27.2 Å². The molecule has 1 aliphatic rings. The number of nitrogens with zero attached hydrogens (tertiary/aromatic N) is 1. The van der Waals surface area contributed by atoms with E-state index in [9.17, 15) is 0 Å². The highest BCUT2D eigenvalue weighted by Crippen LogP contribution is 2.39. The highest BCUT2D eigenvalue weighted by Gasteiger charge is 2.26. The Balaban J connectivity index is 2.44. The van der Waals surface area contributed by atoms with Crippen LogP contribution in [0, 0.1) is 5.41 Å². The maximum Gasteiger partial charge on any atom is 0.144 e. The Morgan fingerprint density at radius 3 is 2.60 bits per heavy atom. The van der Waals surface area contributed by atoms with E-state index in [4.69, 9.17) is 4.74 Å². The van der Waals surface area contributed by atoms with Gasteiger partial charge >= 0.3 is 0 Å². The van der Waals surface area contributed by atoms with E-state index in [2.05, 4.69) is 31.8 Å². The first kappa shape index (κ1) is 10.2. The van der Waals surface area contributed by atoms with Gasteiger partial charge in [0.15, 0.2) is 0 Å². The fourth-order valence-electron chi connectivity index (χ4n) is 1.79. The van der Waals surface area contributed by atoms with Gasteiger partial charge in [0.2, 0.25) is 0 Å². The predicted molar refractivity (Wildman–Crippen MR) is 63.2 cm³/mol. The van der Waals surface area contributed by atoms with Crippen LogP contribution < -0.4 is 4.74 Å². The van der Waals surface area contributed by atoms with Gasteiger partial charge in [0.25, 0.3) is 0 Å². The minimum Gasteiger partial charge on any atom is -0.494 e. The molecule has 1 aliphatic heterocycles. The molecular formula is C13H17NO. The number of hydrogen-bond donors (Lipinski definition) is 0. The second kappa shape index (κ2) is 3.37. The smallest absolute Gasteiger partial charge is 0.144 e. The van der Waals surface area contributed by atoms with E-state index in [1.54, 1.807) is 7.11 Å². The monoisotopic (exact) mass is 203 g/mol. The molecule has 0 bridgehead atoms. The van der Waals surface area contributed by atoms with Crippen molar-refractivity contribution in [2.24, 2.45) is 10.4 Å². The minimum atomic E-state index is 0.143. The average Bonchev–Trinajstić information content (AvgIpc) is 2.59. The van der Waals surface area contributed by atoms with E-state index in [1.807, 2.05) is 12.1 Å². The van der Waals surface area contributed by atoms with Crippen molar-refractivity contribution in [1.82, 2.24) is 0 Å². The zero-order chi connectivity index (χ0) is 11.1. The summed E-state index contributed by atoms with van der Waals surface area (Å²) in [7, 11) is 1.69. The summed E-state index contributed by atoms with van der Waals surface area (Å²) in [5, 5.41) is 0. The fourth-order valence-corrected chi connectivity index (χ4v) is 1.79. The molecule has 0 aliphatic carbocycles. The standard InChI is InChI=1S/C13H17NO/c1-13(2,3)11-8-9-6-5-7-10(15-4)12(9)14-11/h5-7H,8H2,1-4H3. The average molecular weight is 203 g/mol. The SMILES string of the molecule is COc1cccc2c1N=C(C(C)(C)C)C2. The lowest BCUT2D eigenvalue weighted by Crippen LogP contribution is -2.19. The zero-order valence-electron chi connectivity index (χ0n) is 9.79. The van der Waals surface area contributed by atoms with Crippen molar-refractivity contribution in [2.75, 3.05) is 7.11 Å². The summed E-state index contributed by atoms with van der Waals surface area (Å²) < 4.78 is 5.31. The molecule has 80 valence electrons. The summed E-state index contributed by atoms with van der Waals surface area (Å²) in [5.74, 6) is 0.881. The lowest BCUT2D eigenvalue weighted by molar-refractivity contribution is 0.416. The Hall–Kier alpha value is -1.31. The van der Waals surface area contributed by atoms with Gasteiger partial charge < -0.3 is 4.74 Å². The van der Waals surface area contributed by atoms with Gasteiger partial charge in [-0.3, -0.25) is 4.99 Å². The summed E-state index contributed by atoms with van der Waals surface area (Å²) in [6.45, 7) is 6.60. The maximum atomic E-state index is 5.31. The van der Waals surface area contributed by atoms with Gasteiger partial charge in [-0.1, -0.05) is 32.9 Å². The van der Waals surface area contributed by atoms with Crippen molar-refractivity contribution in [1.29, 1.82) is 0 Å². The Kier molecular flexibility index (Phi) is 2.29. The van der Waals surface area contributed by atoms with Gasteiger partial charge in [-0.15, -0.1) is 0 Å². The molecule has 0 aromatic heterocycles. The number of aliphatic imine (C=N–C) groups is 1. The predicted octanol–water partition coefficient (Wildman–Crippen LogP) is 3.37. The van der Waals surface area contributed by atoms with Crippen LogP contribution in [0.3, 0.4) is 0 Å². The topological polar surface area (TPSA) is 21.6 Å². The lowest BCUT2D eigenvalue weighted by Gasteiger charge is -2.17. The molecule has 1 aromatic carbocycles. The van der Waals surface area contributed by atoms with Crippen LogP contribution in [0.15, 0.2) is 23.2 Å². The van der Waals surface area contributed by atoms with Crippen LogP contribution in [0.4, 0.5) is 5.69 Å². The van der Waals surface area contributed by atoms with Crippen molar-refractivity contribution in [3.63, 3.8) is 0 Å². The molecule has 0 saturated heterocycles. The van der Waals surface area contributed by atoms with Crippen LogP contribution in [0.5, 0.6) is 5.75 Å². The van der Waals surface area contributed by atoms with Gasteiger partial charge in [0, 0.05) is 17.5 Å².